The van der Waals surface area contributed by atoms with Crippen LogP contribution in [0.25, 0.3) is 0 Å². The fourth-order valence-electron chi connectivity index (χ4n) is 3.68. The summed E-state index contributed by atoms with van der Waals surface area (Å²) in [6.07, 6.45) is 7.18. The number of hydrogen-bond donors (Lipinski definition) is 1. The number of likely N-dealkylation sites (tertiary alicyclic amines) is 1. The molecule has 21 heavy (non-hydrogen) atoms. The minimum atomic E-state index is -0.571. The quantitative estimate of drug-likeness (QED) is 0.848. The number of piperidine rings is 1. The number of nitrogens with two attached hydrogens (primary N) is 1. The number of nitrogens with zero attached hydrogens (tertiary/aromatic N) is 3. The Bertz CT molecular complexity index is 398. The van der Waals surface area contributed by atoms with E-state index in [-0.39, 0.29) is 5.91 Å². The summed E-state index contributed by atoms with van der Waals surface area (Å²) in [5.41, 5.74) is 5.18. The van der Waals surface area contributed by atoms with E-state index in [0.29, 0.717) is 19.0 Å². The molecule has 118 valence electrons. The lowest BCUT2D eigenvalue weighted by molar-refractivity contribution is -0.136. The topological polar surface area (TPSA) is 73.4 Å². The van der Waals surface area contributed by atoms with Crippen LogP contribution in [0.1, 0.15) is 44.9 Å². The van der Waals surface area contributed by atoms with Gasteiger partial charge in [0.1, 0.15) is 5.54 Å². The molecule has 2 rings (SSSR count). The van der Waals surface area contributed by atoms with E-state index in [1.807, 2.05) is 0 Å². The molecule has 0 aromatic carbocycles. The highest BCUT2D eigenvalue weighted by molar-refractivity contribution is 5.79. The molecule has 2 fully saturated rings. The van der Waals surface area contributed by atoms with Gasteiger partial charge in [0.25, 0.3) is 0 Å². The number of nitriles is 1. The van der Waals surface area contributed by atoms with E-state index in [9.17, 15) is 10.1 Å². The van der Waals surface area contributed by atoms with Crippen molar-refractivity contribution in [1.82, 2.24) is 9.80 Å². The highest BCUT2D eigenvalue weighted by Crippen LogP contribution is 2.32. The standard InChI is InChI=1S/C16H28N4O/c1-19(16(13-18)7-3-2-4-8-16)15(21)12-20-9-5-6-14(10-17)11-20/h14H,2-12,17H2,1H3. The second kappa shape index (κ2) is 7.24. The number of likely N-dealkylation sites (N-methyl/N-ethyl adjacent to an activating group) is 1. The van der Waals surface area contributed by atoms with Crippen LogP contribution < -0.4 is 5.73 Å². The lowest BCUT2D eigenvalue weighted by Gasteiger charge is -2.40. The molecule has 1 atom stereocenters. The van der Waals surface area contributed by atoms with Crippen LogP contribution in [-0.4, -0.2) is 54.5 Å². The van der Waals surface area contributed by atoms with Crippen LogP contribution >= 0.6 is 0 Å². The van der Waals surface area contributed by atoms with Crippen molar-refractivity contribution in [1.29, 1.82) is 5.26 Å². The van der Waals surface area contributed by atoms with Crippen molar-refractivity contribution < 1.29 is 4.79 Å². The van der Waals surface area contributed by atoms with E-state index in [4.69, 9.17) is 5.73 Å². The second-order valence-electron chi connectivity index (χ2n) is 6.64. The van der Waals surface area contributed by atoms with Gasteiger partial charge < -0.3 is 10.6 Å². The van der Waals surface area contributed by atoms with Crippen LogP contribution in [-0.2, 0) is 4.79 Å². The van der Waals surface area contributed by atoms with E-state index in [1.54, 1.807) is 11.9 Å². The van der Waals surface area contributed by atoms with Crippen LogP contribution in [0.2, 0.25) is 0 Å². The molecular formula is C16H28N4O. The SMILES string of the molecule is CN(C(=O)CN1CCCC(CN)C1)C1(C#N)CCCCC1. The molecule has 1 amide bonds. The summed E-state index contributed by atoms with van der Waals surface area (Å²) >= 11 is 0. The average molecular weight is 292 g/mol. The Morgan fingerprint density at radius 1 is 1.38 bits per heavy atom. The first-order valence-corrected chi connectivity index (χ1v) is 8.21. The molecule has 2 N–H and O–H groups in total. The molecule has 1 unspecified atom stereocenters. The van der Waals surface area contributed by atoms with Gasteiger partial charge in [0, 0.05) is 13.6 Å². The third-order valence-corrected chi connectivity index (χ3v) is 5.20. The van der Waals surface area contributed by atoms with E-state index < -0.39 is 5.54 Å². The van der Waals surface area contributed by atoms with Gasteiger partial charge in [0.2, 0.25) is 5.91 Å². The highest BCUT2D eigenvalue weighted by Gasteiger charge is 2.39. The van der Waals surface area contributed by atoms with Crippen molar-refractivity contribution in [3.63, 3.8) is 0 Å². The Hall–Kier alpha value is -1.12. The highest BCUT2D eigenvalue weighted by atomic mass is 16.2. The lowest BCUT2D eigenvalue weighted by atomic mass is 9.81. The largest absolute Gasteiger partial charge is 0.330 e. The van der Waals surface area contributed by atoms with Crippen molar-refractivity contribution in [2.75, 3.05) is 33.2 Å². The molecule has 1 saturated heterocycles. The lowest BCUT2D eigenvalue weighted by Crippen LogP contribution is -2.53. The van der Waals surface area contributed by atoms with E-state index in [1.165, 1.54) is 12.8 Å². The Kier molecular flexibility index (Phi) is 5.60. The van der Waals surface area contributed by atoms with E-state index in [0.717, 1.165) is 45.2 Å². The predicted octanol–water partition coefficient (Wildman–Crippen LogP) is 1.34. The van der Waals surface area contributed by atoms with Crippen LogP contribution in [0.5, 0.6) is 0 Å². The summed E-state index contributed by atoms with van der Waals surface area (Å²) in [5.74, 6) is 0.590. The smallest absolute Gasteiger partial charge is 0.237 e. The fourth-order valence-corrected chi connectivity index (χ4v) is 3.68. The van der Waals surface area contributed by atoms with Gasteiger partial charge in [-0.15, -0.1) is 0 Å². The van der Waals surface area contributed by atoms with Crippen molar-refractivity contribution in [2.45, 2.75) is 50.5 Å². The molecule has 1 saturated carbocycles. The van der Waals surface area contributed by atoms with Crippen LogP contribution in [0, 0.1) is 17.2 Å². The van der Waals surface area contributed by atoms with Gasteiger partial charge in [-0.1, -0.05) is 19.3 Å². The van der Waals surface area contributed by atoms with E-state index in [2.05, 4.69) is 11.0 Å². The first-order valence-electron chi connectivity index (χ1n) is 8.21. The van der Waals surface area contributed by atoms with Gasteiger partial charge in [-0.25, -0.2) is 0 Å². The second-order valence-corrected chi connectivity index (χ2v) is 6.64. The average Bonchev–Trinajstić information content (AvgIpc) is 2.54. The maximum Gasteiger partial charge on any atom is 0.237 e. The number of rotatable bonds is 4. The number of carbonyl (C=O) groups excluding carboxylic acids is 1. The Morgan fingerprint density at radius 2 is 2.10 bits per heavy atom. The van der Waals surface area contributed by atoms with Crippen molar-refractivity contribution in [2.24, 2.45) is 11.7 Å². The van der Waals surface area contributed by atoms with Gasteiger partial charge in [-0.05, 0) is 44.7 Å². The molecule has 5 heteroatoms. The Balaban J connectivity index is 1.94. The van der Waals surface area contributed by atoms with Crippen LogP contribution in [0.15, 0.2) is 0 Å². The Morgan fingerprint density at radius 3 is 2.71 bits per heavy atom. The summed E-state index contributed by atoms with van der Waals surface area (Å²) in [6, 6.07) is 2.42. The molecule has 1 aliphatic carbocycles. The molecule has 2 aliphatic rings. The minimum absolute atomic E-state index is 0.0797. The summed E-state index contributed by atoms with van der Waals surface area (Å²) < 4.78 is 0. The third kappa shape index (κ3) is 3.75. The molecule has 0 aromatic heterocycles. The number of amides is 1. The van der Waals surface area contributed by atoms with Gasteiger partial charge in [-0.2, -0.15) is 5.26 Å². The molecule has 5 nitrogen and oxygen atoms in total. The van der Waals surface area contributed by atoms with Gasteiger partial charge in [-0.3, -0.25) is 9.69 Å². The minimum Gasteiger partial charge on any atom is -0.330 e. The first kappa shape index (κ1) is 16.3. The third-order valence-electron chi connectivity index (χ3n) is 5.20. The molecule has 0 bridgehead atoms. The van der Waals surface area contributed by atoms with Crippen molar-refractivity contribution in [3.05, 3.63) is 0 Å². The summed E-state index contributed by atoms with van der Waals surface area (Å²) in [5, 5.41) is 9.57. The zero-order valence-electron chi connectivity index (χ0n) is 13.2. The zero-order valence-corrected chi connectivity index (χ0v) is 13.2. The van der Waals surface area contributed by atoms with E-state index >= 15 is 0 Å². The first-order chi connectivity index (χ1) is 10.1. The number of hydrogen-bond acceptors (Lipinski definition) is 4. The van der Waals surface area contributed by atoms with Crippen molar-refractivity contribution in [3.8, 4) is 6.07 Å². The maximum absolute atomic E-state index is 12.6. The molecule has 0 spiro atoms. The number of carbonyl (C=O) groups is 1. The molecule has 1 aliphatic heterocycles. The van der Waals surface area contributed by atoms with Gasteiger partial charge >= 0.3 is 0 Å². The molecule has 1 heterocycles. The Labute approximate surface area is 128 Å². The van der Waals surface area contributed by atoms with Gasteiger partial charge in [0.05, 0.1) is 12.6 Å². The summed E-state index contributed by atoms with van der Waals surface area (Å²) in [6.45, 7) is 3.00. The fraction of sp³-hybridized carbons (Fsp3) is 0.875. The molecule has 0 radical (unpaired) electrons. The maximum atomic E-state index is 12.6. The van der Waals surface area contributed by atoms with Crippen LogP contribution in [0.3, 0.4) is 0 Å². The monoisotopic (exact) mass is 292 g/mol. The molecule has 0 aromatic rings. The predicted molar refractivity (Wildman–Crippen MR) is 82.4 cm³/mol. The summed E-state index contributed by atoms with van der Waals surface area (Å²) in [7, 11) is 1.81. The summed E-state index contributed by atoms with van der Waals surface area (Å²) in [4.78, 5) is 16.5. The normalized spacial score (nSPS) is 26.0. The van der Waals surface area contributed by atoms with Crippen LogP contribution in [0.4, 0.5) is 0 Å². The van der Waals surface area contributed by atoms with Crippen molar-refractivity contribution >= 4 is 5.91 Å². The zero-order chi connectivity index (χ0) is 15.3. The van der Waals surface area contributed by atoms with Gasteiger partial charge in [0.15, 0.2) is 0 Å². The molecular weight excluding hydrogens is 264 g/mol.